The van der Waals surface area contributed by atoms with E-state index >= 15 is 0 Å². The Hall–Kier alpha value is -3.46. The van der Waals surface area contributed by atoms with E-state index in [0.717, 1.165) is 48.0 Å². The lowest BCUT2D eigenvalue weighted by Gasteiger charge is -2.43. The Morgan fingerprint density at radius 3 is 2.68 bits per heavy atom. The summed E-state index contributed by atoms with van der Waals surface area (Å²) in [5.74, 6) is 1.21. The quantitative estimate of drug-likeness (QED) is 0.424. The summed E-state index contributed by atoms with van der Waals surface area (Å²) in [6.45, 7) is 7.34. The van der Waals surface area contributed by atoms with Crippen molar-refractivity contribution in [2.75, 3.05) is 6.54 Å². The summed E-state index contributed by atoms with van der Waals surface area (Å²) in [5.41, 5.74) is 5.25. The second-order valence-corrected chi connectivity index (χ2v) is 11.2. The number of hydrogen-bond donors (Lipinski definition) is 0. The predicted molar refractivity (Wildman–Crippen MR) is 144 cm³/mol. The number of carbonyl (C=O) groups excluding carboxylic acids is 2. The van der Waals surface area contributed by atoms with Crippen LogP contribution in [0.5, 0.6) is 0 Å². The molecule has 192 valence electrons. The van der Waals surface area contributed by atoms with Gasteiger partial charge in [-0.2, -0.15) is 5.26 Å². The Kier molecular flexibility index (Phi) is 6.90. The first-order valence-corrected chi connectivity index (χ1v) is 13.6. The van der Waals surface area contributed by atoms with Crippen LogP contribution in [0.4, 0.5) is 0 Å². The highest BCUT2D eigenvalue weighted by atomic mass is 16.2. The minimum absolute atomic E-state index is 0.0143. The number of fused-ring (bicyclic) bond motifs is 1. The highest BCUT2D eigenvalue weighted by Gasteiger charge is 2.38. The standard InChI is InChI=1S/C31H36N4O2/c1-19-17-35(31(37)23-9-5-6-10-23)20(2)12-26(19)27-18-34(4)30-29(27)21(3)25(16-33-30)14-28(36)24-11-7-8-22(13-24)15-32/h7-8,11,13,16,18-20,23,26H,5-6,9-10,12,14,17H2,1-4H3/t19-,20+,26?/m1/s1. The third-order valence-electron chi connectivity index (χ3n) is 8.73. The van der Waals surface area contributed by atoms with Gasteiger partial charge in [0.05, 0.1) is 11.6 Å². The number of piperidine rings is 1. The topological polar surface area (TPSA) is 79.0 Å². The van der Waals surface area contributed by atoms with E-state index in [0.29, 0.717) is 28.9 Å². The maximum Gasteiger partial charge on any atom is 0.225 e. The van der Waals surface area contributed by atoms with Crippen LogP contribution in [0, 0.1) is 30.1 Å². The van der Waals surface area contributed by atoms with E-state index in [9.17, 15) is 14.9 Å². The molecule has 2 fully saturated rings. The van der Waals surface area contributed by atoms with Crippen LogP contribution in [0.25, 0.3) is 11.0 Å². The molecule has 0 bridgehead atoms. The first kappa shape index (κ1) is 25.2. The molecule has 2 aromatic heterocycles. The van der Waals surface area contributed by atoms with E-state index in [-0.39, 0.29) is 24.2 Å². The largest absolute Gasteiger partial charge is 0.339 e. The van der Waals surface area contributed by atoms with Crippen molar-refractivity contribution in [2.45, 2.75) is 71.3 Å². The summed E-state index contributed by atoms with van der Waals surface area (Å²) in [4.78, 5) is 33.2. The first-order valence-electron chi connectivity index (χ1n) is 13.6. The van der Waals surface area contributed by atoms with Gasteiger partial charge in [0.15, 0.2) is 5.78 Å². The molecule has 1 saturated carbocycles. The van der Waals surface area contributed by atoms with Crippen molar-refractivity contribution in [1.82, 2.24) is 14.5 Å². The highest BCUT2D eigenvalue weighted by molar-refractivity contribution is 5.98. The molecule has 1 aromatic carbocycles. The SMILES string of the molecule is Cc1c(CC(=O)c2cccc(C#N)c2)cnc2c1c(C1C[C@H](C)N(C(=O)C3CCCC3)C[C@H]1C)cn2C. The number of ketones is 1. The minimum Gasteiger partial charge on any atom is -0.339 e. The molecule has 6 nitrogen and oxygen atoms in total. The van der Waals surface area contributed by atoms with Crippen LogP contribution < -0.4 is 0 Å². The number of rotatable bonds is 5. The Bertz CT molecular complexity index is 1390. The smallest absolute Gasteiger partial charge is 0.225 e. The number of nitrogens with zero attached hydrogens (tertiary/aromatic N) is 4. The van der Waals surface area contributed by atoms with Crippen LogP contribution in [0.2, 0.25) is 0 Å². The normalized spacial score (nSPS) is 22.4. The Morgan fingerprint density at radius 1 is 1.19 bits per heavy atom. The fraction of sp³-hybridized carbons (Fsp3) is 0.484. The highest BCUT2D eigenvalue weighted by Crippen LogP contribution is 2.42. The Morgan fingerprint density at radius 2 is 1.95 bits per heavy atom. The summed E-state index contributed by atoms with van der Waals surface area (Å²) in [7, 11) is 2.03. The van der Waals surface area contributed by atoms with Crippen molar-refractivity contribution in [3.8, 4) is 6.07 Å². The van der Waals surface area contributed by atoms with Crippen molar-refractivity contribution in [2.24, 2.45) is 18.9 Å². The van der Waals surface area contributed by atoms with E-state index in [1.807, 2.05) is 13.2 Å². The van der Waals surface area contributed by atoms with Gasteiger partial charge in [0.2, 0.25) is 5.91 Å². The van der Waals surface area contributed by atoms with Gasteiger partial charge >= 0.3 is 0 Å². The van der Waals surface area contributed by atoms with Crippen molar-refractivity contribution >= 4 is 22.7 Å². The van der Waals surface area contributed by atoms with Gasteiger partial charge in [-0.15, -0.1) is 0 Å². The minimum atomic E-state index is -0.0143. The van der Waals surface area contributed by atoms with Crippen LogP contribution in [0.15, 0.2) is 36.7 Å². The number of aromatic nitrogens is 2. The summed E-state index contributed by atoms with van der Waals surface area (Å²) in [5, 5.41) is 10.3. The molecule has 2 aliphatic rings. The monoisotopic (exact) mass is 496 g/mol. The van der Waals surface area contributed by atoms with Crippen LogP contribution >= 0.6 is 0 Å². The van der Waals surface area contributed by atoms with Gasteiger partial charge in [-0.05, 0) is 73.8 Å². The number of Topliss-reactive ketones (excluding diaryl/α,β-unsaturated/α-hetero) is 1. The molecule has 1 amide bonds. The molecule has 3 heterocycles. The van der Waals surface area contributed by atoms with Crippen molar-refractivity contribution in [1.29, 1.82) is 5.26 Å². The van der Waals surface area contributed by atoms with Gasteiger partial charge < -0.3 is 9.47 Å². The summed E-state index contributed by atoms with van der Waals surface area (Å²) in [6, 6.07) is 9.19. The van der Waals surface area contributed by atoms with Crippen molar-refractivity contribution in [3.05, 3.63) is 64.5 Å². The van der Waals surface area contributed by atoms with Gasteiger partial charge in [0.1, 0.15) is 5.65 Å². The Balaban J connectivity index is 1.43. The lowest BCUT2D eigenvalue weighted by atomic mass is 9.78. The average molecular weight is 497 g/mol. The number of amides is 1. The number of carbonyl (C=O) groups is 2. The van der Waals surface area contributed by atoms with Crippen molar-refractivity contribution in [3.63, 3.8) is 0 Å². The van der Waals surface area contributed by atoms with Gasteiger partial charge in [0, 0.05) is 55.3 Å². The lowest BCUT2D eigenvalue weighted by Crippen LogP contribution is -2.49. The van der Waals surface area contributed by atoms with E-state index < -0.39 is 0 Å². The molecule has 1 aliphatic carbocycles. The molecule has 3 atom stereocenters. The summed E-state index contributed by atoms with van der Waals surface area (Å²) < 4.78 is 2.09. The molecule has 37 heavy (non-hydrogen) atoms. The van der Waals surface area contributed by atoms with Crippen LogP contribution in [-0.4, -0.2) is 38.7 Å². The zero-order valence-electron chi connectivity index (χ0n) is 22.3. The maximum absolute atomic E-state index is 13.2. The van der Waals surface area contributed by atoms with E-state index in [2.05, 4.69) is 42.5 Å². The lowest BCUT2D eigenvalue weighted by molar-refractivity contribution is -0.140. The van der Waals surface area contributed by atoms with E-state index in [1.54, 1.807) is 24.3 Å². The van der Waals surface area contributed by atoms with Crippen LogP contribution in [0.3, 0.4) is 0 Å². The molecule has 0 spiro atoms. The van der Waals surface area contributed by atoms with E-state index in [4.69, 9.17) is 4.98 Å². The molecule has 0 radical (unpaired) electrons. The molecular formula is C31H36N4O2. The molecule has 3 aromatic rings. The van der Waals surface area contributed by atoms with Crippen molar-refractivity contribution < 1.29 is 9.59 Å². The fourth-order valence-corrected chi connectivity index (χ4v) is 6.57. The molecule has 6 heteroatoms. The van der Waals surface area contributed by atoms with Crippen LogP contribution in [0.1, 0.15) is 84.5 Å². The fourth-order valence-electron chi connectivity index (χ4n) is 6.57. The van der Waals surface area contributed by atoms with Gasteiger partial charge in [0.25, 0.3) is 0 Å². The number of benzene rings is 1. The molecule has 1 unspecified atom stereocenters. The second-order valence-electron chi connectivity index (χ2n) is 11.2. The number of aryl methyl sites for hydroxylation is 2. The molecule has 5 rings (SSSR count). The zero-order chi connectivity index (χ0) is 26.3. The summed E-state index contributed by atoms with van der Waals surface area (Å²) >= 11 is 0. The average Bonchev–Trinajstić information content (AvgIpc) is 3.55. The van der Waals surface area contributed by atoms with Gasteiger partial charge in [-0.25, -0.2) is 4.98 Å². The third kappa shape index (κ3) is 4.68. The van der Waals surface area contributed by atoms with Gasteiger partial charge in [-0.1, -0.05) is 31.9 Å². The maximum atomic E-state index is 13.2. The molecule has 1 saturated heterocycles. The number of pyridine rings is 1. The predicted octanol–water partition coefficient (Wildman–Crippen LogP) is 5.71. The number of hydrogen-bond acceptors (Lipinski definition) is 4. The van der Waals surface area contributed by atoms with E-state index in [1.165, 1.54) is 18.4 Å². The molecule has 1 aliphatic heterocycles. The Labute approximate surface area is 219 Å². The number of nitriles is 1. The second kappa shape index (κ2) is 10.1. The first-order chi connectivity index (χ1) is 17.8. The third-order valence-corrected chi connectivity index (χ3v) is 8.73. The summed E-state index contributed by atoms with van der Waals surface area (Å²) in [6.07, 6.45) is 9.63. The molecule has 0 N–H and O–H groups in total. The zero-order valence-corrected chi connectivity index (χ0v) is 22.3. The van der Waals surface area contributed by atoms with Gasteiger partial charge in [-0.3, -0.25) is 9.59 Å². The number of likely N-dealkylation sites (tertiary alicyclic amines) is 1. The van der Waals surface area contributed by atoms with Crippen LogP contribution in [-0.2, 0) is 18.3 Å². The molecular weight excluding hydrogens is 460 g/mol.